The third kappa shape index (κ3) is 7.50. The van der Waals surface area contributed by atoms with E-state index in [0.29, 0.717) is 29.8 Å². The van der Waals surface area contributed by atoms with Gasteiger partial charge in [-0.2, -0.15) is 0 Å². The monoisotopic (exact) mass is 463 g/mol. The number of carbonyl (C=O) groups is 1. The molecule has 0 aliphatic heterocycles. The Morgan fingerprint density at radius 1 is 1.24 bits per heavy atom. The summed E-state index contributed by atoms with van der Waals surface area (Å²) in [5.41, 5.74) is 1.31. The number of methoxy groups -OCH3 is 2. The molecule has 0 radical (unpaired) electrons. The molecule has 1 aromatic carbocycles. The largest absolute Gasteiger partial charge is 0.496 e. The number of halogens is 1. The first-order valence-corrected chi connectivity index (χ1v) is 8.23. The first-order valence-electron chi connectivity index (χ1n) is 8.23. The number of esters is 1. The maximum absolute atomic E-state index is 11.8. The lowest BCUT2D eigenvalue weighted by atomic mass is 10.1. The zero-order chi connectivity index (χ0) is 18.1. The molecule has 1 rings (SSSR count). The lowest BCUT2D eigenvalue weighted by Crippen LogP contribution is -2.44. The standard InChI is InChI=1S/C18H29N3O3.HI/c1-7-19-18(21-13(4)12(2)3)20-11-14-8-9-16(23-5)15(10-14)17(22)24-6;/h8-10,12-13H,7,11H2,1-6H3,(H2,19,20,21);1H. The van der Waals surface area contributed by atoms with Gasteiger partial charge in [-0.3, -0.25) is 0 Å². The van der Waals surface area contributed by atoms with Gasteiger partial charge in [0.05, 0.1) is 20.8 Å². The molecule has 1 unspecified atom stereocenters. The van der Waals surface area contributed by atoms with E-state index < -0.39 is 5.97 Å². The number of carbonyl (C=O) groups excluding carboxylic acids is 1. The molecule has 25 heavy (non-hydrogen) atoms. The van der Waals surface area contributed by atoms with Crippen LogP contribution < -0.4 is 15.4 Å². The number of ether oxygens (including phenoxy) is 2. The summed E-state index contributed by atoms with van der Waals surface area (Å²) < 4.78 is 10.0. The van der Waals surface area contributed by atoms with Crippen LogP contribution in [-0.2, 0) is 11.3 Å². The molecule has 0 bridgehead atoms. The number of hydrogen-bond donors (Lipinski definition) is 2. The number of rotatable bonds is 7. The number of hydrogen-bond acceptors (Lipinski definition) is 4. The van der Waals surface area contributed by atoms with Crippen molar-refractivity contribution in [2.45, 2.75) is 40.3 Å². The normalized spacial score (nSPS) is 12.2. The van der Waals surface area contributed by atoms with E-state index in [1.807, 2.05) is 13.0 Å². The van der Waals surface area contributed by atoms with Crippen molar-refractivity contribution in [2.24, 2.45) is 10.9 Å². The third-order valence-electron chi connectivity index (χ3n) is 3.80. The minimum Gasteiger partial charge on any atom is -0.496 e. The van der Waals surface area contributed by atoms with E-state index in [1.54, 1.807) is 12.1 Å². The summed E-state index contributed by atoms with van der Waals surface area (Å²) >= 11 is 0. The summed E-state index contributed by atoms with van der Waals surface area (Å²) in [7, 11) is 2.88. The van der Waals surface area contributed by atoms with Crippen molar-refractivity contribution in [3.63, 3.8) is 0 Å². The number of nitrogens with zero attached hydrogens (tertiary/aromatic N) is 1. The number of guanidine groups is 1. The van der Waals surface area contributed by atoms with Gasteiger partial charge in [0.1, 0.15) is 11.3 Å². The lowest BCUT2D eigenvalue weighted by Gasteiger charge is -2.20. The molecule has 0 spiro atoms. The Balaban J connectivity index is 0.00000576. The second-order valence-electron chi connectivity index (χ2n) is 5.90. The number of aliphatic imine (C=N–C) groups is 1. The molecule has 0 aromatic heterocycles. The summed E-state index contributed by atoms with van der Waals surface area (Å²) in [5, 5.41) is 6.61. The van der Waals surface area contributed by atoms with Gasteiger partial charge in [-0.25, -0.2) is 9.79 Å². The van der Waals surface area contributed by atoms with Crippen LogP contribution in [0.4, 0.5) is 0 Å². The van der Waals surface area contributed by atoms with Crippen LogP contribution in [-0.4, -0.2) is 38.7 Å². The number of nitrogens with one attached hydrogen (secondary N) is 2. The Bertz CT molecular complexity index is 577. The van der Waals surface area contributed by atoms with E-state index in [4.69, 9.17) is 9.47 Å². The molecule has 0 saturated carbocycles. The van der Waals surface area contributed by atoms with Crippen molar-refractivity contribution in [1.82, 2.24) is 10.6 Å². The fourth-order valence-electron chi connectivity index (χ4n) is 2.00. The molecular formula is C18H30IN3O3. The minimum atomic E-state index is -0.420. The molecule has 2 N–H and O–H groups in total. The predicted octanol–water partition coefficient (Wildman–Crippen LogP) is 3.20. The van der Waals surface area contributed by atoms with Gasteiger partial charge in [-0.05, 0) is 37.5 Å². The highest BCUT2D eigenvalue weighted by atomic mass is 127. The van der Waals surface area contributed by atoms with Crippen molar-refractivity contribution in [3.8, 4) is 5.75 Å². The summed E-state index contributed by atoms with van der Waals surface area (Å²) in [4.78, 5) is 16.4. The van der Waals surface area contributed by atoms with E-state index in [9.17, 15) is 4.79 Å². The van der Waals surface area contributed by atoms with Crippen molar-refractivity contribution in [1.29, 1.82) is 0 Å². The second-order valence-corrected chi connectivity index (χ2v) is 5.90. The zero-order valence-electron chi connectivity index (χ0n) is 15.9. The second kappa shape index (κ2) is 11.9. The SMILES string of the molecule is CCNC(=NCc1ccc(OC)c(C(=O)OC)c1)NC(C)C(C)C.I. The fourth-order valence-corrected chi connectivity index (χ4v) is 2.00. The maximum atomic E-state index is 11.8. The summed E-state index contributed by atoms with van der Waals surface area (Å²) in [5.74, 6) is 1.33. The van der Waals surface area contributed by atoms with Crippen LogP contribution in [0.5, 0.6) is 5.75 Å². The quantitative estimate of drug-likeness (QED) is 0.281. The summed E-state index contributed by atoms with van der Waals surface area (Å²) in [6.07, 6.45) is 0. The van der Waals surface area contributed by atoms with E-state index >= 15 is 0 Å². The van der Waals surface area contributed by atoms with Gasteiger partial charge in [0, 0.05) is 12.6 Å². The summed E-state index contributed by atoms with van der Waals surface area (Å²) in [6.45, 7) is 9.71. The average Bonchev–Trinajstić information content (AvgIpc) is 2.58. The molecule has 142 valence electrons. The van der Waals surface area contributed by atoms with Crippen LogP contribution in [0, 0.1) is 5.92 Å². The van der Waals surface area contributed by atoms with Crippen LogP contribution >= 0.6 is 24.0 Å². The first kappa shape index (κ1) is 23.5. The van der Waals surface area contributed by atoms with E-state index in [0.717, 1.165) is 18.1 Å². The average molecular weight is 463 g/mol. The van der Waals surface area contributed by atoms with Crippen molar-refractivity contribution in [3.05, 3.63) is 29.3 Å². The molecule has 1 aromatic rings. The minimum absolute atomic E-state index is 0. The molecule has 0 aliphatic rings. The highest BCUT2D eigenvalue weighted by Gasteiger charge is 2.14. The molecule has 1 atom stereocenters. The van der Waals surface area contributed by atoms with Gasteiger partial charge < -0.3 is 20.1 Å². The van der Waals surface area contributed by atoms with Gasteiger partial charge in [0.15, 0.2) is 5.96 Å². The maximum Gasteiger partial charge on any atom is 0.341 e. The van der Waals surface area contributed by atoms with Crippen LogP contribution in [0.15, 0.2) is 23.2 Å². The smallest absolute Gasteiger partial charge is 0.341 e. The molecule has 7 heteroatoms. The first-order chi connectivity index (χ1) is 11.4. The van der Waals surface area contributed by atoms with Crippen LogP contribution in [0.25, 0.3) is 0 Å². The molecular weight excluding hydrogens is 433 g/mol. The summed E-state index contributed by atoms with van der Waals surface area (Å²) in [6, 6.07) is 5.71. The van der Waals surface area contributed by atoms with Crippen molar-refractivity contribution >= 4 is 35.9 Å². The number of benzene rings is 1. The molecule has 6 nitrogen and oxygen atoms in total. The predicted molar refractivity (Wildman–Crippen MR) is 112 cm³/mol. The molecule has 0 aliphatic carbocycles. The van der Waals surface area contributed by atoms with Crippen LogP contribution in [0.3, 0.4) is 0 Å². The Kier molecular flexibility index (Phi) is 11.2. The molecule has 0 heterocycles. The third-order valence-corrected chi connectivity index (χ3v) is 3.80. The van der Waals surface area contributed by atoms with Gasteiger partial charge in [0.25, 0.3) is 0 Å². The van der Waals surface area contributed by atoms with Gasteiger partial charge >= 0.3 is 5.97 Å². The Hall–Kier alpha value is -1.51. The van der Waals surface area contributed by atoms with E-state index in [-0.39, 0.29) is 24.0 Å². The Morgan fingerprint density at radius 3 is 2.44 bits per heavy atom. The lowest BCUT2D eigenvalue weighted by molar-refractivity contribution is 0.0597. The zero-order valence-corrected chi connectivity index (χ0v) is 18.2. The topological polar surface area (TPSA) is 72.0 Å². The Morgan fingerprint density at radius 2 is 1.92 bits per heavy atom. The van der Waals surface area contributed by atoms with Gasteiger partial charge in [-0.1, -0.05) is 19.9 Å². The highest BCUT2D eigenvalue weighted by molar-refractivity contribution is 14.0. The fraction of sp³-hybridized carbons (Fsp3) is 0.556. The Labute approximate surface area is 167 Å². The highest BCUT2D eigenvalue weighted by Crippen LogP contribution is 2.21. The molecule has 0 saturated heterocycles. The van der Waals surface area contributed by atoms with Crippen LogP contribution in [0.2, 0.25) is 0 Å². The van der Waals surface area contributed by atoms with Crippen molar-refractivity contribution < 1.29 is 14.3 Å². The molecule has 0 amide bonds. The van der Waals surface area contributed by atoms with Gasteiger partial charge in [0.2, 0.25) is 0 Å². The van der Waals surface area contributed by atoms with Crippen molar-refractivity contribution in [2.75, 3.05) is 20.8 Å². The van der Waals surface area contributed by atoms with Crippen LogP contribution in [0.1, 0.15) is 43.6 Å². The van der Waals surface area contributed by atoms with E-state index in [1.165, 1.54) is 14.2 Å². The molecule has 0 fully saturated rings. The van der Waals surface area contributed by atoms with Gasteiger partial charge in [-0.15, -0.1) is 24.0 Å². The van der Waals surface area contributed by atoms with E-state index in [2.05, 4.69) is 36.4 Å².